The average Bonchev–Trinajstić information content (AvgIpc) is 2.69. The van der Waals surface area contributed by atoms with Crippen LogP contribution < -0.4 is 9.47 Å². The van der Waals surface area contributed by atoms with E-state index in [0.717, 1.165) is 0 Å². The van der Waals surface area contributed by atoms with E-state index in [1.165, 1.54) is 26.4 Å². The summed E-state index contributed by atoms with van der Waals surface area (Å²) in [6, 6.07) is 2.81. The van der Waals surface area contributed by atoms with E-state index in [0.29, 0.717) is 29.6 Å². The van der Waals surface area contributed by atoms with E-state index >= 15 is 0 Å². The lowest BCUT2D eigenvalue weighted by Gasteiger charge is -2.10. The summed E-state index contributed by atoms with van der Waals surface area (Å²) in [6.07, 6.45) is 0. The van der Waals surface area contributed by atoms with Crippen molar-refractivity contribution in [1.82, 2.24) is 0 Å². The number of nitrogens with zero attached hydrogens (tertiary/aromatic N) is 1. The molecule has 5 heteroatoms. The van der Waals surface area contributed by atoms with Gasteiger partial charge in [0.05, 0.1) is 25.3 Å². The molecule has 0 saturated carbocycles. The van der Waals surface area contributed by atoms with Crippen molar-refractivity contribution in [2.45, 2.75) is 19.4 Å². The molecule has 0 unspecified atom stereocenters. The molecule has 2 rings (SSSR count). The maximum absolute atomic E-state index is 14.0. The number of rotatable bonds is 3. The molecule has 0 atom stereocenters. The Hall–Kier alpha value is -1.78. The number of methoxy groups -OCH3 is 2. The molecule has 1 heterocycles. The van der Waals surface area contributed by atoms with E-state index in [-0.39, 0.29) is 5.54 Å². The number of aliphatic imine (C=N–C) groups is 1. The molecule has 0 radical (unpaired) electrons. The third-order valence-electron chi connectivity index (χ3n) is 2.67. The summed E-state index contributed by atoms with van der Waals surface area (Å²) in [5.74, 6) is 0.657. The number of ether oxygens (including phenoxy) is 3. The highest BCUT2D eigenvalue weighted by Gasteiger charge is 2.29. The lowest BCUT2D eigenvalue weighted by molar-refractivity contribution is 0.278. The monoisotopic (exact) mass is 253 g/mol. The first-order valence-corrected chi connectivity index (χ1v) is 5.61. The van der Waals surface area contributed by atoms with E-state index < -0.39 is 5.82 Å². The van der Waals surface area contributed by atoms with Crippen molar-refractivity contribution in [2.24, 2.45) is 4.99 Å². The number of hydrogen-bond donors (Lipinski definition) is 0. The maximum Gasteiger partial charge on any atom is 0.219 e. The summed E-state index contributed by atoms with van der Waals surface area (Å²) in [5, 5.41) is 0. The largest absolute Gasteiger partial charge is 0.493 e. The van der Waals surface area contributed by atoms with Gasteiger partial charge in [-0.2, -0.15) is 0 Å². The van der Waals surface area contributed by atoms with Crippen LogP contribution in [0.5, 0.6) is 11.5 Å². The fourth-order valence-electron chi connectivity index (χ4n) is 1.74. The van der Waals surface area contributed by atoms with Gasteiger partial charge in [0.1, 0.15) is 12.4 Å². The Morgan fingerprint density at radius 3 is 2.33 bits per heavy atom. The second-order valence-electron chi connectivity index (χ2n) is 4.71. The van der Waals surface area contributed by atoms with Crippen LogP contribution in [0.1, 0.15) is 19.4 Å². The molecule has 0 N–H and O–H groups in total. The van der Waals surface area contributed by atoms with Crippen molar-refractivity contribution in [3.8, 4) is 11.5 Å². The van der Waals surface area contributed by atoms with Gasteiger partial charge in [0, 0.05) is 6.07 Å². The Morgan fingerprint density at radius 2 is 1.83 bits per heavy atom. The minimum absolute atomic E-state index is 0.290. The first kappa shape index (κ1) is 12.7. The molecule has 1 aliphatic rings. The minimum atomic E-state index is -0.441. The highest BCUT2D eigenvalue weighted by Crippen LogP contribution is 2.32. The smallest absolute Gasteiger partial charge is 0.219 e. The quantitative estimate of drug-likeness (QED) is 0.830. The Morgan fingerprint density at radius 1 is 1.22 bits per heavy atom. The summed E-state index contributed by atoms with van der Waals surface area (Å²) in [6.45, 7) is 4.30. The molecule has 0 bridgehead atoms. The van der Waals surface area contributed by atoms with Gasteiger partial charge in [-0.1, -0.05) is 0 Å². The maximum atomic E-state index is 14.0. The normalized spacial score (nSPS) is 17.1. The third kappa shape index (κ3) is 2.25. The van der Waals surface area contributed by atoms with Crippen LogP contribution in [0.15, 0.2) is 17.1 Å². The van der Waals surface area contributed by atoms with Crippen LogP contribution in [0.4, 0.5) is 4.39 Å². The number of halogens is 1. The highest BCUT2D eigenvalue weighted by atomic mass is 19.1. The standard InChI is InChI=1S/C13H16FNO3/c1-13(2)7-18-12(15-13)8-5-10(16-3)11(17-4)6-9(8)14/h5-6H,7H2,1-4H3. The lowest BCUT2D eigenvalue weighted by Crippen LogP contribution is -2.17. The summed E-state index contributed by atoms with van der Waals surface area (Å²) in [5.41, 5.74) is -0.0344. The van der Waals surface area contributed by atoms with Gasteiger partial charge in [0.2, 0.25) is 5.90 Å². The number of hydrogen-bond acceptors (Lipinski definition) is 4. The van der Waals surface area contributed by atoms with Crippen molar-refractivity contribution < 1.29 is 18.6 Å². The van der Waals surface area contributed by atoms with Crippen molar-refractivity contribution in [3.05, 3.63) is 23.5 Å². The fraction of sp³-hybridized carbons (Fsp3) is 0.462. The van der Waals surface area contributed by atoms with E-state index in [9.17, 15) is 4.39 Å². The van der Waals surface area contributed by atoms with E-state index in [4.69, 9.17) is 14.2 Å². The van der Waals surface area contributed by atoms with E-state index in [1.807, 2.05) is 13.8 Å². The zero-order valence-electron chi connectivity index (χ0n) is 10.9. The summed E-state index contributed by atoms with van der Waals surface area (Å²) >= 11 is 0. The second kappa shape index (κ2) is 4.48. The second-order valence-corrected chi connectivity index (χ2v) is 4.71. The summed E-state index contributed by atoms with van der Waals surface area (Å²) in [4.78, 5) is 4.34. The molecule has 0 amide bonds. The van der Waals surface area contributed by atoms with E-state index in [2.05, 4.69) is 4.99 Å². The van der Waals surface area contributed by atoms with Gasteiger partial charge >= 0.3 is 0 Å². The Bertz CT molecular complexity index is 497. The van der Waals surface area contributed by atoms with Crippen molar-refractivity contribution >= 4 is 5.90 Å². The zero-order valence-corrected chi connectivity index (χ0v) is 10.9. The molecule has 0 spiro atoms. The molecule has 4 nitrogen and oxygen atoms in total. The minimum Gasteiger partial charge on any atom is -0.493 e. The first-order valence-electron chi connectivity index (χ1n) is 5.61. The zero-order chi connectivity index (χ0) is 13.3. The van der Waals surface area contributed by atoms with E-state index in [1.54, 1.807) is 0 Å². The lowest BCUT2D eigenvalue weighted by atomic mass is 10.1. The van der Waals surface area contributed by atoms with Crippen molar-refractivity contribution in [1.29, 1.82) is 0 Å². The SMILES string of the molecule is COc1cc(F)c(C2=NC(C)(C)CO2)cc1OC. The summed E-state index contributed by atoms with van der Waals surface area (Å²) < 4.78 is 29.6. The van der Waals surface area contributed by atoms with Crippen LogP contribution in [0.3, 0.4) is 0 Å². The highest BCUT2D eigenvalue weighted by molar-refractivity contribution is 5.96. The number of benzene rings is 1. The molecule has 1 aromatic rings. The Labute approximate surface area is 105 Å². The Balaban J connectivity index is 2.46. The molecular formula is C13H16FNO3. The average molecular weight is 253 g/mol. The van der Waals surface area contributed by atoms with Crippen molar-refractivity contribution in [3.63, 3.8) is 0 Å². The van der Waals surface area contributed by atoms with Crippen molar-refractivity contribution in [2.75, 3.05) is 20.8 Å². The molecule has 0 aliphatic carbocycles. The van der Waals surface area contributed by atoms with Gasteiger partial charge in [0.15, 0.2) is 11.5 Å². The third-order valence-corrected chi connectivity index (χ3v) is 2.67. The molecule has 0 saturated heterocycles. The Kier molecular flexibility index (Phi) is 3.15. The van der Waals surface area contributed by atoms with Crippen LogP contribution >= 0.6 is 0 Å². The predicted molar refractivity (Wildman–Crippen MR) is 66.1 cm³/mol. The molecular weight excluding hydrogens is 237 g/mol. The van der Waals surface area contributed by atoms with Crippen LogP contribution in [-0.2, 0) is 4.74 Å². The van der Waals surface area contributed by atoms with Crippen LogP contribution in [0, 0.1) is 5.82 Å². The van der Waals surface area contributed by atoms with Gasteiger partial charge in [-0.05, 0) is 19.9 Å². The molecule has 0 fully saturated rings. The first-order chi connectivity index (χ1) is 8.46. The van der Waals surface area contributed by atoms with Crippen LogP contribution in [0.2, 0.25) is 0 Å². The van der Waals surface area contributed by atoms with Gasteiger partial charge in [-0.25, -0.2) is 9.38 Å². The molecule has 98 valence electrons. The van der Waals surface area contributed by atoms with Gasteiger partial charge in [0.25, 0.3) is 0 Å². The predicted octanol–water partition coefficient (Wildman–Crippen LogP) is 2.40. The molecule has 1 aliphatic heterocycles. The molecule has 1 aromatic carbocycles. The molecule has 0 aromatic heterocycles. The topological polar surface area (TPSA) is 40.0 Å². The van der Waals surface area contributed by atoms with Gasteiger partial charge < -0.3 is 14.2 Å². The van der Waals surface area contributed by atoms with Gasteiger partial charge in [-0.15, -0.1) is 0 Å². The van der Waals surface area contributed by atoms with Gasteiger partial charge in [-0.3, -0.25) is 0 Å². The molecule has 18 heavy (non-hydrogen) atoms. The van der Waals surface area contributed by atoms with Crippen LogP contribution in [0.25, 0.3) is 0 Å². The fourth-order valence-corrected chi connectivity index (χ4v) is 1.74. The van der Waals surface area contributed by atoms with Crippen LogP contribution in [-0.4, -0.2) is 32.3 Å². The summed E-state index contributed by atoms with van der Waals surface area (Å²) in [7, 11) is 2.96.